The summed E-state index contributed by atoms with van der Waals surface area (Å²) < 4.78 is 0. The molecule has 1 saturated heterocycles. The van der Waals surface area contributed by atoms with Crippen molar-refractivity contribution in [1.82, 2.24) is 4.90 Å². The summed E-state index contributed by atoms with van der Waals surface area (Å²) in [5.74, 6) is 1.06. The SMILES string of the molecule is Br.CCCCN1CCC(c2ccc(O)cc2)CC1. The van der Waals surface area contributed by atoms with E-state index in [1.165, 1.54) is 50.9 Å². The highest BCUT2D eigenvalue weighted by atomic mass is 79.9. The molecule has 102 valence electrons. The molecule has 2 nitrogen and oxygen atoms in total. The van der Waals surface area contributed by atoms with Crippen LogP contribution in [0.5, 0.6) is 5.75 Å². The minimum atomic E-state index is 0. The summed E-state index contributed by atoms with van der Waals surface area (Å²) in [5, 5.41) is 9.29. The Morgan fingerprint density at radius 3 is 2.33 bits per heavy atom. The minimum absolute atomic E-state index is 0. The molecule has 1 heterocycles. The molecule has 1 aromatic rings. The molecule has 0 unspecified atom stereocenters. The molecule has 0 atom stereocenters. The zero-order chi connectivity index (χ0) is 12.1. The Morgan fingerprint density at radius 1 is 1.17 bits per heavy atom. The number of piperidine rings is 1. The molecule has 1 aromatic carbocycles. The lowest BCUT2D eigenvalue weighted by Crippen LogP contribution is -2.33. The number of nitrogens with zero attached hydrogens (tertiary/aromatic N) is 1. The maximum atomic E-state index is 9.29. The summed E-state index contributed by atoms with van der Waals surface area (Å²) in [5.41, 5.74) is 1.39. The Bertz CT molecular complexity index is 331. The van der Waals surface area contributed by atoms with Gasteiger partial charge in [0.25, 0.3) is 0 Å². The fourth-order valence-corrected chi connectivity index (χ4v) is 2.62. The first-order valence-electron chi connectivity index (χ1n) is 6.81. The maximum Gasteiger partial charge on any atom is 0.115 e. The van der Waals surface area contributed by atoms with Crippen LogP contribution < -0.4 is 0 Å². The molecule has 0 bridgehead atoms. The van der Waals surface area contributed by atoms with Crippen molar-refractivity contribution < 1.29 is 5.11 Å². The maximum absolute atomic E-state index is 9.29. The van der Waals surface area contributed by atoms with Gasteiger partial charge in [0.05, 0.1) is 0 Å². The van der Waals surface area contributed by atoms with E-state index in [1.54, 1.807) is 12.1 Å². The molecule has 1 aliphatic rings. The number of aromatic hydroxyl groups is 1. The predicted molar refractivity (Wildman–Crippen MR) is 81.8 cm³/mol. The van der Waals surface area contributed by atoms with Gasteiger partial charge in [-0.25, -0.2) is 0 Å². The van der Waals surface area contributed by atoms with Crippen LogP contribution in [-0.4, -0.2) is 29.6 Å². The monoisotopic (exact) mass is 313 g/mol. The highest BCUT2D eigenvalue weighted by molar-refractivity contribution is 8.93. The number of rotatable bonds is 4. The van der Waals surface area contributed by atoms with E-state index in [-0.39, 0.29) is 17.0 Å². The minimum Gasteiger partial charge on any atom is -0.508 e. The molecule has 0 radical (unpaired) electrons. The second-order valence-electron chi connectivity index (χ2n) is 5.06. The van der Waals surface area contributed by atoms with Gasteiger partial charge in [0.15, 0.2) is 0 Å². The third kappa shape index (κ3) is 4.29. The van der Waals surface area contributed by atoms with Gasteiger partial charge in [-0.2, -0.15) is 0 Å². The van der Waals surface area contributed by atoms with E-state index in [4.69, 9.17) is 0 Å². The van der Waals surface area contributed by atoms with Gasteiger partial charge in [0, 0.05) is 0 Å². The van der Waals surface area contributed by atoms with Crippen LogP contribution in [0.3, 0.4) is 0 Å². The van der Waals surface area contributed by atoms with Crippen molar-refractivity contribution in [3.63, 3.8) is 0 Å². The lowest BCUT2D eigenvalue weighted by Gasteiger charge is -2.32. The van der Waals surface area contributed by atoms with Crippen molar-refractivity contribution in [2.24, 2.45) is 0 Å². The molecule has 2 rings (SSSR count). The summed E-state index contributed by atoms with van der Waals surface area (Å²) in [4.78, 5) is 2.58. The average molecular weight is 314 g/mol. The summed E-state index contributed by atoms with van der Waals surface area (Å²) >= 11 is 0. The first kappa shape index (κ1) is 15.5. The zero-order valence-corrected chi connectivity index (χ0v) is 12.9. The van der Waals surface area contributed by atoms with E-state index in [9.17, 15) is 5.11 Å². The number of likely N-dealkylation sites (tertiary alicyclic amines) is 1. The Balaban J connectivity index is 0.00000162. The first-order chi connectivity index (χ1) is 8.29. The van der Waals surface area contributed by atoms with Crippen LogP contribution in [0.15, 0.2) is 24.3 Å². The topological polar surface area (TPSA) is 23.5 Å². The number of phenolic OH excluding ortho intramolecular Hbond substituents is 1. The van der Waals surface area contributed by atoms with E-state index < -0.39 is 0 Å². The van der Waals surface area contributed by atoms with Gasteiger partial charge in [-0.1, -0.05) is 25.5 Å². The van der Waals surface area contributed by atoms with E-state index >= 15 is 0 Å². The van der Waals surface area contributed by atoms with Gasteiger partial charge in [-0.15, -0.1) is 17.0 Å². The third-order valence-electron chi connectivity index (χ3n) is 3.78. The lowest BCUT2D eigenvalue weighted by molar-refractivity contribution is 0.209. The fraction of sp³-hybridized carbons (Fsp3) is 0.600. The van der Waals surface area contributed by atoms with Crippen molar-refractivity contribution in [1.29, 1.82) is 0 Å². The van der Waals surface area contributed by atoms with Crippen LogP contribution in [0.2, 0.25) is 0 Å². The van der Waals surface area contributed by atoms with Crippen LogP contribution in [0.25, 0.3) is 0 Å². The zero-order valence-electron chi connectivity index (χ0n) is 11.1. The molecule has 0 aliphatic carbocycles. The molecule has 18 heavy (non-hydrogen) atoms. The second kappa shape index (κ2) is 7.80. The second-order valence-corrected chi connectivity index (χ2v) is 5.06. The standard InChI is InChI=1S/C15H23NO.BrH/c1-2-3-10-16-11-8-14(9-12-16)13-4-6-15(17)7-5-13;/h4-7,14,17H,2-3,8-12H2,1H3;1H. The fourth-order valence-electron chi connectivity index (χ4n) is 2.62. The summed E-state index contributed by atoms with van der Waals surface area (Å²) in [7, 11) is 0. The van der Waals surface area contributed by atoms with Crippen molar-refractivity contribution in [3.05, 3.63) is 29.8 Å². The van der Waals surface area contributed by atoms with Crippen LogP contribution >= 0.6 is 17.0 Å². The number of benzene rings is 1. The van der Waals surface area contributed by atoms with Crippen LogP contribution in [0, 0.1) is 0 Å². The van der Waals surface area contributed by atoms with Gasteiger partial charge < -0.3 is 10.0 Å². The Morgan fingerprint density at radius 2 is 1.78 bits per heavy atom. The van der Waals surface area contributed by atoms with Gasteiger partial charge >= 0.3 is 0 Å². The van der Waals surface area contributed by atoms with Crippen LogP contribution in [-0.2, 0) is 0 Å². The quantitative estimate of drug-likeness (QED) is 0.909. The van der Waals surface area contributed by atoms with E-state index in [0.29, 0.717) is 11.7 Å². The van der Waals surface area contributed by atoms with E-state index in [2.05, 4.69) is 24.0 Å². The average Bonchev–Trinajstić information content (AvgIpc) is 2.38. The number of halogens is 1. The van der Waals surface area contributed by atoms with Gasteiger partial charge in [-0.05, 0) is 62.5 Å². The van der Waals surface area contributed by atoms with E-state index in [0.717, 1.165) is 0 Å². The number of unbranched alkanes of at least 4 members (excludes halogenated alkanes) is 1. The normalized spacial score (nSPS) is 17.4. The Labute approximate surface area is 121 Å². The molecular formula is C15H24BrNO. The summed E-state index contributed by atoms with van der Waals surface area (Å²) in [6.07, 6.45) is 5.13. The van der Waals surface area contributed by atoms with Crippen LogP contribution in [0.1, 0.15) is 44.1 Å². The van der Waals surface area contributed by atoms with Gasteiger partial charge in [0.1, 0.15) is 5.75 Å². The molecule has 3 heteroatoms. The smallest absolute Gasteiger partial charge is 0.115 e. The predicted octanol–water partition coefficient (Wildman–Crippen LogP) is 3.95. The summed E-state index contributed by atoms with van der Waals surface area (Å²) in [6, 6.07) is 7.75. The van der Waals surface area contributed by atoms with Gasteiger partial charge in [-0.3, -0.25) is 0 Å². The van der Waals surface area contributed by atoms with Crippen molar-refractivity contribution in [2.45, 2.75) is 38.5 Å². The molecule has 1 aliphatic heterocycles. The van der Waals surface area contributed by atoms with E-state index in [1.807, 2.05) is 0 Å². The third-order valence-corrected chi connectivity index (χ3v) is 3.78. The number of hydrogen-bond donors (Lipinski definition) is 1. The molecule has 0 saturated carbocycles. The molecular weight excluding hydrogens is 290 g/mol. The van der Waals surface area contributed by atoms with Crippen molar-refractivity contribution in [2.75, 3.05) is 19.6 Å². The Kier molecular flexibility index (Phi) is 6.72. The lowest BCUT2D eigenvalue weighted by atomic mass is 9.89. The highest BCUT2D eigenvalue weighted by Gasteiger charge is 2.19. The van der Waals surface area contributed by atoms with Crippen LogP contribution in [0.4, 0.5) is 0 Å². The molecule has 1 fully saturated rings. The van der Waals surface area contributed by atoms with Crippen molar-refractivity contribution >= 4 is 17.0 Å². The first-order valence-corrected chi connectivity index (χ1v) is 6.81. The molecule has 0 amide bonds. The molecule has 1 N–H and O–H groups in total. The van der Waals surface area contributed by atoms with Crippen molar-refractivity contribution in [3.8, 4) is 5.75 Å². The highest BCUT2D eigenvalue weighted by Crippen LogP contribution is 2.28. The van der Waals surface area contributed by atoms with Gasteiger partial charge in [0.2, 0.25) is 0 Å². The number of hydrogen-bond acceptors (Lipinski definition) is 2. The molecule has 0 spiro atoms. The Hall–Kier alpha value is -0.540. The number of phenols is 1. The molecule has 0 aromatic heterocycles. The summed E-state index contributed by atoms with van der Waals surface area (Å²) in [6.45, 7) is 5.97. The largest absolute Gasteiger partial charge is 0.508 e.